The van der Waals surface area contributed by atoms with Crippen LogP contribution in [0.5, 0.6) is 0 Å². The maximum atomic E-state index is 13.8. The Morgan fingerprint density at radius 1 is 1.08 bits per heavy atom. The van der Waals surface area contributed by atoms with E-state index in [9.17, 15) is 9.18 Å². The van der Waals surface area contributed by atoms with Gasteiger partial charge in [0.2, 0.25) is 5.95 Å². The van der Waals surface area contributed by atoms with Crippen molar-refractivity contribution in [1.29, 1.82) is 0 Å². The standard InChI is InChI=1S/C17H17FN6O/c1-12(25)16-14(18)8-5-9-15(16)19-10-11-20-17-21-22-23-24(17)13-6-3-2-4-7-13/h2-9,19H,10-11H2,1H3,(H,20,21,23). The van der Waals surface area contributed by atoms with Gasteiger partial charge in [0.25, 0.3) is 0 Å². The van der Waals surface area contributed by atoms with E-state index in [-0.39, 0.29) is 11.3 Å². The number of carbonyl (C=O) groups excluding carboxylic acids is 1. The van der Waals surface area contributed by atoms with Gasteiger partial charge in [-0.15, -0.1) is 0 Å². The van der Waals surface area contributed by atoms with Gasteiger partial charge in [0.1, 0.15) is 5.82 Å². The fraction of sp³-hybridized carbons (Fsp3) is 0.176. The van der Waals surface area contributed by atoms with Crippen molar-refractivity contribution < 1.29 is 9.18 Å². The number of tetrazole rings is 1. The number of hydrogen-bond acceptors (Lipinski definition) is 6. The first-order valence-electron chi connectivity index (χ1n) is 7.78. The van der Waals surface area contributed by atoms with Crippen LogP contribution in [0.15, 0.2) is 48.5 Å². The molecule has 3 aromatic rings. The van der Waals surface area contributed by atoms with Gasteiger partial charge in [-0.05, 0) is 41.6 Å². The number of Topliss-reactive ketones (excluding diaryl/α,β-unsaturated/α-hetero) is 1. The zero-order valence-electron chi connectivity index (χ0n) is 13.6. The van der Waals surface area contributed by atoms with Crippen LogP contribution in [-0.2, 0) is 0 Å². The Morgan fingerprint density at radius 3 is 2.60 bits per heavy atom. The topological polar surface area (TPSA) is 84.7 Å². The van der Waals surface area contributed by atoms with E-state index in [4.69, 9.17) is 0 Å². The lowest BCUT2D eigenvalue weighted by Crippen LogP contribution is -2.17. The van der Waals surface area contributed by atoms with Crippen molar-refractivity contribution >= 4 is 17.4 Å². The van der Waals surface area contributed by atoms with E-state index in [1.54, 1.807) is 16.8 Å². The van der Waals surface area contributed by atoms with E-state index < -0.39 is 5.82 Å². The van der Waals surface area contributed by atoms with Crippen molar-refractivity contribution in [3.05, 3.63) is 59.9 Å². The molecule has 0 radical (unpaired) electrons. The predicted octanol–water partition coefficient (Wildman–Crippen LogP) is 2.53. The van der Waals surface area contributed by atoms with E-state index in [0.717, 1.165) is 5.69 Å². The highest BCUT2D eigenvalue weighted by Gasteiger charge is 2.12. The maximum Gasteiger partial charge on any atom is 0.247 e. The van der Waals surface area contributed by atoms with Crippen LogP contribution in [-0.4, -0.2) is 39.1 Å². The number of nitrogens with zero attached hydrogens (tertiary/aromatic N) is 4. The molecule has 7 nitrogen and oxygen atoms in total. The van der Waals surface area contributed by atoms with Crippen molar-refractivity contribution in [2.45, 2.75) is 6.92 Å². The summed E-state index contributed by atoms with van der Waals surface area (Å²) >= 11 is 0. The average Bonchev–Trinajstić information content (AvgIpc) is 3.07. The van der Waals surface area contributed by atoms with Gasteiger partial charge < -0.3 is 10.6 Å². The van der Waals surface area contributed by atoms with Crippen molar-refractivity contribution in [3.63, 3.8) is 0 Å². The molecule has 25 heavy (non-hydrogen) atoms. The van der Waals surface area contributed by atoms with Crippen LogP contribution >= 0.6 is 0 Å². The summed E-state index contributed by atoms with van der Waals surface area (Å²) in [5.74, 6) is -0.348. The second-order valence-corrected chi connectivity index (χ2v) is 5.32. The van der Waals surface area contributed by atoms with E-state index in [0.29, 0.717) is 24.7 Å². The highest BCUT2D eigenvalue weighted by molar-refractivity contribution is 5.99. The quantitative estimate of drug-likeness (QED) is 0.508. The lowest BCUT2D eigenvalue weighted by atomic mass is 10.1. The largest absolute Gasteiger partial charge is 0.383 e. The first kappa shape index (κ1) is 16.6. The Bertz CT molecular complexity index is 865. The summed E-state index contributed by atoms with van der Waals surface area (Å²) in [6, 6.07) is 14.0. The van der Waals surface area contributed by atoms with Gasteiger partial charge in [-0.1, -0.05) is 29.4 Å². The number of anilines is 2. The summed E-state index contributed by atoms with van der Waals surface area (Å²) in [4.78, 5) is 11.6. The summed E-state index contributed by atoms with van der Waals surface area (Å²) in [6.07, 6.45) is 0. The number of halogens is 1. The van der Waals surface area contributed by atoms with Crippen LogP contribution in [0.2, 0.25) is 0 Å². The highest BCUT2D eigenvalue weighted by atomic mass is 19.1. The first-order valence-corrected chi connectivity index (χ1v) is 7.78. The van der Waals surface area contributed by atoms with Gasteiger partial charge in [-0.2, -0.15) is 4.68 Å². The van der Waals surface area contributed by atoms with Crippen LogP contribution in [0, 0.1) is 5.82 Å². The van der Waals surface area contributed by atoms with E-state index in [2.05, 4.69) is 26.2 Å². The van der Waals surface area contributed by atoms with Crippen LogP contribution < -0.4 is 10.6 Å². The molecule has 1 heterocycles. The number of rotatable bonds is 7. The van der Waals surface area contributed by atoms with Crippen LogP contribution in [0.25, 0.3) is 5.69 Å². The number of carbonyl (C=O) groups is 1. The van der Waals surface area contributed by atoms with E-state index in [1.807, 2.05) is 30.3 Å². The minimum atomic E-state index is -0.529. The molecule has 0 saturated heterocycles. The lowest BCUT2D eigenvalue weighted by Gasteiger charge is -2.12. The summed E-state index contributed by atoms with van der Waals surface area (Å²) in [5, 5.41) is 17.7. The zero-order chi connectivity index (χ0) is 17.6. The van der Waals surface area contributed by atoms with Crippen molar-refractivity contribution in [3.8, 4) is 5.69 Å². The van der Waals surface area contributed by atoms with Gasteiger partial charge in [0.15, 0.2) is 5.78 Å². The number of aromatic nitrogens is 4. The number of nitrogens with one attached hydrogen (secondary N) is 2. The van der Waals surface area contributed by atoms with Crippen molar-refractivity contribution in [2.24, 2.45) is 0 Å². The second kappa shape index (κ2) is 7.52. The molecule has 2 aromatic carbocycles. The monoisotopic (exact) mass is 340 g/mol. The summed E-state index contributed by atoms with van der Waals surface area (Å²) in [6.45, 7) is 2.29. The smallest absolute Gasteiger partial charge is 0.247 e. The fourth-order valence-corrected chi connectivity index (χ4v) is 2.44. The molecule has 0 atom stereocenters. The molecule has 0 unspecified atom stereocenters. The molecule has 8 heteroatoms. The molecule has 0 aliphatic rings. The van der Waals surface area contributed by atoms with Crippen LogP contribution in [0.3, 0.4) is 0 Å². The third-order valence-electron chi connectivity index (χ3n) is 3.56. The third-order valence-corrected chi connectivity index (χ3v) is 3.56. The normalized spacial score (nSPS) is 10.5. The second-order valence-electron chi connectivity index (χ2n) is 5.32. The minimum Gasteiger partial charge on any atom is -0.383 e. The van der Waals surface area contributed by atoms with Gasteiger partial charge in [0.05, 0.1) is 11.3 Å². The maximum absolute atomic E-state index is 13.8. The molecule has 0 fully saturated rings. The van der Waals surface area contributed by atoms with Crippen LogP contribution in [0.1, 0.15) is 17.3 Å². The lowest BCUT2D eigenvalue weighted by molar-refractivity contribution is 0.101. The summed E-state index contributed by atoms with van der Waals surface area (Å²) < 4.78 is 15.4. The molecule has 0 bridgehead atoms. The van der Waals surface area contributed by atoms with E-state index in [1.165, 1.54) is 13.0 Å². The summed E-state index contributed by atoms with van der Waals surface area (Å²) in [5.41, 5.74) is 1.38. The molecule has 0 aliphatic heterocycles. The van der Waals surface area contributed by atoms with Gasteiger partial charge >= 0.3 is 0 Å². The third kappa shape index (κ3) is 3.79. The molecule has 2 N–H and O–H groups in total. The Kier molecular flexibility index (Phi) is 4.98. The first-order chi connectivity index (χ1) is 12.2. The van der Waals surface area contributed by atoms with Crippen molar-refractivity contribution in [1.82, 2.24) is 20.2 Å². The SMILES string of the molecule is CC(=O)c1c(F)cccc1NCCNc1nnnn1-c1ccccc1. The van der Waals surface area contributed by atoms with E-state index >= 15 is 0 Å². The van der Waals surface area contributed by atoms with Gasteiger partial charge in [-0.3, -0.25) is 4.79 Å². The minimum absolute atomic E-state index is 0.0663. The molecule has 0 saturated carbocycles. The predicted molar refractivity (Wildman–Crippen MR) is 92.5 cm³/mol. The molecular weight excluding hydrogens is 323 g/mol. The number of ketones is 1. The molecule has 0 aliphatic carbocycles. The Hall–Kier alpha value is -3.29. The molecular formula is C17H17FN6O. The zero-order valence-corrected chi connectivity index (χ0v) is 13.6. The fourth-order valence-electron chi connectivity index (χ4n) is 2.44. The van der Waals surface area contributed by atoms with Crippen LogP contribution in [0.4, 0.5) is 16.0 Å². The number of para-hydroxylation sites is 1. The van der Waals surface area contributed by atoms with Crippen molar-refractivity contribution in [2.75, 3.05) is 23.7 Å². The highest BCUT2D eigenvalue weighted by Crippen LogP contribution is 2.19. The molecule has 1 aromatic heterocycles. The molecule has 0 amide bonds. The Morgan fingerprint density at radius 2 is 1.84 bits per heavy atom. The van der Waals surface area contributed by atoms with Gasteiger partial charge in [-0.25, -0.2) is 4.39 Å². The number of benzene rings is 2. The Balaban J connectivity index is 1.62. The van der Waals surface area contributed by atoms with Gasteiger partial charge in [0, 0.05) is 18.8 Å². The molecule has 128 valence electrons. The average molecular weight is 340 g/mol. The number of hydrogen-bond donors (Lipinski definition) is 2. The summed E-state index contributed by atoms with van der Waals surface area (Å²) in [7, 11) is 0. The Labute approximate surface area is 143 Å². The molecule has 3 rings (SSSR count). The molecule has 0 spiro atoms.